The van der Waals surface area contributed by atoms with Gasteiger partial charge in [0.25, 0.3) is 0 Å². The number of carboxylic acids is 2. The van der Waals surface area contributed by atoms with Crippen molar-refractivity contribution in [3.8, 4) is 0 Å². The van der Waals surface area contributed by atoms with Crippen LogP contribution in [0.3, 0.4) is 0 Å². The van der Waals surface area contributed by atoms with Gasteiger partial charge in [-0.15, -0.1) is 0 Å². The molecule has 0 aromatic heterocycles. The maximum absolute atomic E-state index is 11.6. The molecule has 19 heavy (non-hydrogen) atoms. The molecule has 0 saturated heterocycles. The van der Waals surface area contributed by atoms with Gasteiger partial charge in [-0.2, -0.15) is 0 Å². The molecule has 1 atom stereocenters. The fraction of sp³-hybridized carbons (Fsp3) is 0.333. The first-order chi connectivity index (χ1) is 8.82. The Labute approximate surface area is 112 Å². The fourth-order valence-corrected chi connectivity index (χ4v) is 2.19. The standard InChI is InChI=1S/C15H18O4/c1-10(2)15(14(18)19,11(3)13(16)17)9-12-7-5-4-6-8-12/h4-8,10H,3,9H2,1-2H3,(H,16,17)(H,18,19)/p-2. The maximum Gasteiger partial charge on any atom is 0.0678 e. The molecule has 102 valence electrons. The summed E-state index contributed by atoms with van der Waals surface area (Å²) in [7, 11) is 0. The Balaban J connectivity index is 3.29. The Hall–Kier alpha value is -2.10. The molecule has 1 rings (SSSR count). The smallest absolute Gasteiger partial charge is 0.0678 e. The lowest BCUT2D eigenvalue weighted by Gasteiger charge is -2.41. The van der Waals surface area contributed by atoms with E-state index in [9.17, 15) is 19.8 Å². The molecule has 4 nitrogen and oxygen atoms in total. The second kappa shape index (κ2) is 5.69. The number of hydrogen-bond acceptors (Lipinski definition) is 4. The van der Waals surface area contributed by atoms with Crippen LogP contribution in [-0.4, -0.2) is 11.9 Å². The zero-order valence-corrected chi connectivity index (χ0v) is 11.0. The molecule has 0 amide bonds. The average Bonchev–Trinajstić information content (AvgIpc) is 2.35. The van der Waals surface area contributed by atoms with Gasteiger partial charge < -0.3 is 19.8 Å². The summed E-state index contributed by atoms with van der Waals surface area (Å²) in [5, 5.41) is 22.6. The lowest BCUT2D eigenvalue weighted by atomic mass is 9.68. The molecule has 0 aliphatic rings. The van der Waals surface area contributed by atoms with Gasteiger partial charge >= 0.3 is 0 Å². The van der Waals surface area contributed by atoms with Crippen LogP contribution >= 0.6 is 0 Å². The van der Waals surface area contributed by atoms with Crippen molar-refractivity contribution in [3.05, 3.63) is 48.0 Å². The van der Waals surface area contributed by atoms with Crippen molar-refractivity contribution in [3.63, 3.8) is 0 Å². The van der Waals surface area contributed by atoms with Crippen LogP contribution in [0.4, 0.5) is 0 Å². The summed E-state index contributed by atoms with van der Waals surface area (Å²) < 4.78 is 0. The first kappa shape index (κ1) is 15.0. The maximum atomic E-state index is 11.6. The number of benzene rings is 1. The predicted molar refractivity (Wildman–Crippen MR) is 66.6 cm³/mol. The van der Waals surface area contributed by atoms with Crippen molar-refractivity contribution >= 4 is 11.9 Å². The zero-order chi connectivity index (χ0) is 14.6. The van der Waals surface area contributed by atoms with Crippen molar-refractivity contribution < 1.29 is 19.8 Å². The Morgan fingerprint density at radius 3 is 2.11 bits per heavy atom. The Morgan fingerprint density at radius 1 is 1.21 bits per heavy atom. The first-order valence-electron chi connectivity index (χ1n) is 5.98. The monoisotopic (exact) mass is 260 g/mol. The van der Waals surface area contributed by atoms with Gasteiger partial charge in [-0.25, -0.2) is 0 Å². The van der Waals surface area contributed by atoms with Gasteiger partial charge in [0.15, 0.2) is 0 Å². The molecule has 0 heterocycles. The van der Waals surface area contributed by atoms with E-state index in [-0.39, 0.29) is 6.42 Å². The van der Waals surface area contributed by atoms with Gasteiger partial charge in [-0.3, -0.25) is 0 Å². The van der Waals surface area contributed by atoms with Crippen molar-refractivity contribution in [2.24, 2.45) is 11.3 Å². The highest BCUT2D eigenvalue weighted by Gasteiger charge is 2.39. The first-order valence-corrected chi connectivity index (χ1v) is 5.98. The van der Waals surface area contributed by atoms with E-state index in [0.717, 1.165) is 0 Å². The van der Waals surface area contributed by atoms with E-state index in [4.69, 9.17) is 0 Å². The molecular weight excluding hydrogens is 244 g/mol. The molecule has 0 aliphatic heterocycles. The molecule has 1 aromatic carbocycles. The number of hydrogen-bond donors (Lipinski definition) is 0. The third-order valence-corrected chi connectivity index (χ3v) is 3.46. The van der Waals surface area contributed by atoms with Crippen LogP contribution in [0.1, 0.15) is 19.4 Å². The van der Waals surface area contributed by atoms with Crippen LogP contribution < -0.4 is 10.2 Å². The molecule has 0 saturated carbocycles. The number of carbonyl (C=O) groups is 2. The van der Waals surface area contributed by atoms with Gasteiger partial charge in [-0.1, -0.05) is 50.8 Å². The van der Waals surface area contributed by atoms with Crippen molar-refractivity contribution in [1.29, 1.82) is 0 Å². The SMILES string of the molecule is C=C(C(=O)[O-])C(Cc1ccccc1)(C(=O)[O-])C(C)C. The predicted octanol–water partition coefficient (Wildman–Crippen LogP) is -0.0725. The van der Waals surface area contributed by atoms with Gasteiger partial charge in [0.05, 0.1) is 11.9 Å². The van der Waals surface area contributed by atoms with E-state index in [1.807, 2.05) is 0 Å². The largest absolute Gasteiger partial charge is 0.549 e. The molecule has 0 N–H and O–H groups in total. The highest BCUT2D eigenvalue weighted by Crippen LogP contribution is 2.38. The summed E-state index contributed by atoms with van der Waals surface area (Å²) in [6.45, 7) is 6.65. The Morgan fingerprint density at radius 2 is 1.74 bits per heavy atom. The Bertz CT molecular complexity index is 490. The number of rotatable bonds is 6. The van der Waals surface area contributed by atoms with Gasteiger partial charge in [-0.05, 0) is 23.5 Å². The number of carboxylic acid groups (broad SMARTS) is 2. The highest BCUT2D eigenvalue weighted by molar-refractivity contribution is 5.94. The zero-order valence-electron chi connectivity index (χ0n) is 11.0. The molecule has 1 aromatic rings. The molecule has 0 spiro atoms. The van der Waals surface area contributed by atoms with Crippen LogP contribution in [0.15, 0.2) is 42.5 Å². The molecule has 0 radical (unpaired) electrons. The van der Waals surface area contributed by atoms with Crippen LogP contribution in [0.2, 0.25) is 0 Å². The van der Waals surface area contributed by atoms with Gasteiger partial charge in [0.1, 0.15) is 0 Å². The number of aliphatic carboxylic acids is 2. The van der Waals surface area contributed by atoms with E-state index in [1.54, 1.807) is 44.2 Å². The van der Waals surface area contributed by atoms with E-state index in [1.165, 1.54) is 0 Å². The molecule has 0 aliphatic carbocycles. The normalized spacial score (nSPS) is 13.8. The lowest BCUT2D eigenvalue weighted by molar-refractivity contribution is -0.324. The summed E-state index contributed by atoms with van der Waals surface area (Å²) in [5.41, 5.74) is -1.41. The minimum atomic E-state index is -1.67. The van der Waals surface area contributed by atoms with Crippen molar-refractivity contribution in [1.82, 2.24) is 0 Å². The lowest BCUT2D eigenvalue weighted by Crippen LogP contribution is -2.52. The van der Waals surface area contributed by atoms with E-state index < -0.39 is 28.8 Å². The summed E-state index contributed by atoms with van der Waals surface area (Å²) >= 11 is 0. The van der Waals surface area contributed by atoms with Crippen LogP contribution in [0.5, 0.6) is 0 Å². The van der Waals surface area contributed by atoms with Gasteiger partial charge in [0, 0.05) is 5.41 Å². The third kappa shape index (κ3) is 2.84. The summed E-state index contributed by atoms with van der Waals surface area (Å²) in [5.74, 6) is -3.49. The fourth-order valence-electron chi connectivity index (χ4n) is 2.19. The summed E-state index contributed by atoms with van der Waals surface area (Å²) in [6.07, 6.45) is 0.0145. The molecule has 1 unspecified atom stereocenters. The highest BCUT2D eigenvalue weighted by atomic mass is 16.4. The summed E-state index contributed by atoms with van der Waals surface area (Å²) in [6, 6.07) is 8.80. The topological polar surface area (TPSA) is 80.3 Å². The van der Waals surface area contributed by atoms with E-state index in [2.05, 4.69) is 6.58 Å². The minimum Gasteiger partial charge on any atom is -0.549 e. The van der Waals surface area contributed by atoms with Crippen LogP contribution in [-0.2, 0) is 16.0 Å². The minimum absolute atomic E-state index is 0.0145. The van der Waals surface area contributed by atoms with Crippen LogP contribution in [0, 0.1) is 11.3 Å². The summed E-state index contributed by atoms with van der Waals surface area (Å²) in [4.78, 5) is 22.6. The van der Waals surface area contributed by atoms with E-state index in [0.29, 0.717) is 5.56 Å². The van der Waals surface area contributed by atoms with Gasteiger partial charge in [0.2, 0.25) is 0 Å². The van der Waals surface area contributed by atoms with Crippen molar-refractivity contribution in [2.45, 2.75) is 20.3 Å². The average molecular weight is 260 g/mol. The van der Waals surface area contributed by atoms with Crippen LogP contribution in [0.25, 0.3) is 0 Å². The second-order valence-corrected chi connectivity index (χ2v) is 4.84. The molecule has 0 fully saturated rings. The Kier molecular flexibility index (Phi) is 4.48. The number of carbonyl (C=O) groups excluding carboxylic acids is 2. The second-order valence-electron chi connectivity index (χ2n) is 4.84. The quantitative estimate of drug-likeness (QED) is 0.670. The molecular formula is C15H16O4-2. The van der Waals surface area contributed by atoms with Crippen molar-refractivity contribution in [2.75, 3.05) is 0 Å². The van der Waals surface area contributed by atoms with E-state index >= 15 is 0 Å². The molecule has 0 bridgehead atoms. The third-order valence-electron chi connectivity index (χ3n) is 3.46. The molecule has 4 heteroatoms.